The number of phenolic OH excluding ortho intramolecular Hbond substituents is 7. The van der Waals surface area contributed by atoms with Crippen molar-refractivity contribution in [2.45, 2.75) is 19.3 Å². The highest BCUT2D eigenvalue weighted by molar-refractivity contribution is 6.22. The highest BCUT2D eigenvalue weighted by Crippen LogP contribution is 2.60. The maximum absolute atomic E-state index is 12.4. The van der Waals surface area contributed by atoms with E-state index in [0.717, 1.165) is 44.7 Å². The summed E-state index contributed by atoms with van der Waals surface area (Å²) in [6, 6.07) is 53.1. The van der Waals surface area contributed by atoms with Gasteiger partial charge < -0.3 is 49.6 Å². The van der Waals surface area contributed by atoms with Crippen molar-refractivity contribution in [3.05, 3.63) is 175 Å². The Morgan fingerprint density at radius 2 is 1.03 bits per heavy atom. The van der Waals surface area contributed by atoms with Crippen LogP contribution in [0.15, 0.2) is 168 Å². The first-order chi connectivity index (χ1) is 32.5. The molecule has 9 aromatic carbocycles. The van der Waals surface area contributed by atoms with Crippen molar-refractivity contribution >= 4 is 60.8 Å². The molecule has 0 saturated carbocycles. The first kappa shape index (κ1) is 39.6. The molecule has 67 heavy (non-hydrogen) atoms. The van der Waals surface area contributed by atoms with Gasteiger partial charge in [-0.05, 0) is 93.5 Å². The lowest BCUT2D eigenvalue weighted by Gasteiger charge is -2.32. The van der Waals surface area contributed by atoms with Crippen molar-refractivity contribution in [3.8, 4) is 79.3 Å². The van der Waals surface area contributed by atoms with Gasteiger partial charge in [0.05, 0.1) is 33.1 Å². The molecule has 11 aromatic rings. The van der Waals surface area contributed by atoms with Crippen molar-refractivity contribution in [1.29, 1.82) is 0 Å². The number of hydrogen-bond acceptors (Lipinski definition) is 9. The second-order valence-electron chi connectivity index (χ2n) is 17.5. The van der Waals surface area contributed by atoms with Gasteiger partial charge >= 0.3 is 0 Å². The number of furan rings is 1. The molecular formula is C57H40N2O8. The fraction of sp³-hybridized carbons (Fsp3) is 0.0526. The van der Waals surface area contributed by atoms with Crippen LogP contribution in [0.4, 0.5) is 17.1 Å². The van der Waals surface area contributed by atoms with Crippen molar-refractivity contribution in [2.24, 2.45) is 0 Å². The van der Waals surface area contributed by atoms with Crippen molar-refractivity contribution in [3.63, 3.8) is 0 Å². The van der Waals surface area contributed by atoms with Crippen LogP contribution in [0.3, 0.4) is 0 Å². The molecule has 1 aliphatic rings. The van der Waals surface area contributed by atoms with E-state index in [2.05, 4.69) is 97.6 Å². The monoisotopic (exact) mass is 880 g/mol. The highest BCUT2D eigenvalue weighted by atomic mass is 16.3. The molecule has 0 saturated heterocycles. The smallest absolute Gasteiger partial charge is 0.206 e. The summed E-state index contributed by atoms with van der Waals surface area (Å²) in [5.74, 6) is -5.65. The Kier molecular flexibility index (Phi) is 8.41. The molecule has 10 heteroatoms. The third-order valence-electron chi connectivity index (χ3n) is 13.5. The fourth-order valence-electron chi connectivity index (χ4n) is 10.5. The largest absolute Gasteiger partial charge is 0.506 e. The summed E-state index contributed by atoms with van der Waals surface area (Å²) in [6.45, 7) is 4.51. The van der Waals surface area contributed by atoms with Crippen molar-refractivity contribution < 1.29 is 40.2 Å². The average Bonchev–Trinajstić information content (AvgIpc) is 4.00. The Bertz CT molecular complexity index is 3850. The maximum Gasteiger partial charge on any atom is 0.206 e. The molecule has 2 heterocycles. The third-order valence-corrected chi connectivity index (χ3v) is 13.5. The molecule has 0 unspecified atom stereocenters. The molecule has 0 radical (unpaired) electrons. The number of fused-ring (bicyclic) bond motifs is 9. The van der Waals surface area contributed by atoms with Gasteiger partial charge in [-0.1, -0.05) is 123 Å². The van der Waals surface area contributed by atoms with E-state index in [1.807, 2.05) is 36.4 Å². The van der Waals surface area contributed by atoms with Gasteiger partial charge in [0.15, 0.2) is 23.0 Å². The van der Waals surface area contributed by atoms with Crippen LogP contribution in [0.25, 0.3) is 82.8 Å². The number of anilines is 3. The Balaban J connectivity index is 1.12. The molecule has 0 atom stereocenters. The number of hydrogen-bond donors (Lipinski definition) is 7. The fourth-order valence-corrected chi connectivity index (χ4v) is 10.5. The second-order valence-corrected chi connectivity index (χ2v) is 17.5. The molecule has 10 nitrogen and oxygen atoms in total. The quantitative estimate of drug-likeness (QED) is 0.0636. The number of aromatic hydroxyl groups is 7. The molecule has 2 aromatic heterocycles. The van der Waals surface area contributed by atoms with Gasteiger partial charge in [-0.15, -0.1) is 0 Å². The Hall–Kier alpha value is -9.02. The lowest BCUT2D eigenvalue weighted by Crippen LogP contribution is -2.20. The number of rotatable bonds is 6. The zero-order valence-electron chi connectivity index (χ0n) is 36.0. The Morgan fingerprint density at radius 3 is 1.78 bits per heavy atom. The molecular weight excluding hydrogens is 841 g/mol. The highest BCUT2D eigenvalue weighted by Gasteiger charge is 2.39. The number of para-hydroxylation sites is 1. The SMILES string of the molecule is CC1(C)c2ccccc2-c2cccc(N(c3ccc(-c4ccccc4)cc3)c3cccc4oc5ccc(-c6c(O)c(O)c7c(c6O)c6c(O)c(O)c(O)c(O)c6n7-c6ccccc6)cc5c34)c21. The lowest BCUT2D eigenvalue weighted by molar-refractivity contribution is 0.350. The van der Waals surface area contributed by atoms with Gasteiger partial charge in [-0.2, -0.15) is 0 Å². The second kappa shape index (κ2) is 14.2. The molecule has 0 amide bonds. The van der Waals surface area contributed by atoms with Gasteiger partial charge in [0.1, 0.15) is 27.9 Å². The van der Waals surface area contributed by atoms with Crippen LogP contribution in [0.5, 0.6) is 40.2 Å². The third kappa shape index (κ3) is 5.50. The molecule has 7 N–H and O–H groups in total. The zero-order valence-corrected chi connectivity index (χ0v) is 36.0. The summed E-state index contributed by atoms with van der Waals surface area (Å²) in [7, 11) is 0. The van der Waals surface area contributed by atoms with E-state index < -0.39 is 40.2 Å². The summed E-state index contributed by atoms with van der Waals surface area (Å²) in [5.41, 5.74) is 10.3. The van der Waals surface area contributed by atoms with Crippen LogP contribution in [-0.4, -0.2) is 40.3 Å². The normalized spacial score (nSPS) is 12.9. The topological polar surface area (TPSA) is 163 Å². The van der Waals surface area contributed by atoms with E-state index in [4.69, 9.17) is 4.42 Å². The van der Waals surface area contributed by atoms with Crippen LogP contribution in [0.1, 0.15) is 25.0 Å². The number of nitrogens with zero attached hydrogens (tertiary/aromatic N) is 2. The van der Waals surface area contributed by atoms with Gasteiger partial charge in [-0.25, -0.2) is 0 Å². The molecule has 1 aliphatic carbocycles. The standard InChI is InChI=1S/C57H40N2O8/c1-57(2)38-19-10-9-17-35(38)36-18-11-21-40(47(36)57)58(34-26-23-31(24-27-34)30-13-5-3-6-14-30)39-20-12-22-42-44(39)37-29-32(25-28-41(37)67-42)43-50(60)45-46-49(54(64)56(66)55(65)52(46)62)59(33-15-7-4-8-16-33)48(45)53(63)51(43)61/h3-29,60-66H,1-2H3. The summed E-state index contributed by atoms with van der Waals surface area (Å²) >= 11 is 0. The molecule has 12 rings (SSSR count). The van der Waals surface area contributed by atoms with Gasteiger partial charge in [0, 0.05) is 22.2 Å². The van der Waals surface area contributed by atoms with E-state index in [-0.39, 0.29) is 38.3 Å². The van der Waals surface area contributed by atoms with Crippen molar-refractivity contribution in [1.82, 2.24) is 4.57 Å². The maximum atomic E-state index is 12.4. The first-order valence-electron chi connectivity index (χ1n) is 21.8. The Labute approximate surface area is 382 Å². The van der Waals surface area contributed by atoms with Crippen LogP contribution in [0, 0.1) is 0 Å². The lowest BCUT2D eigenvalue weighted by atomic mass is 9.81. The summed E-state index contributed by atoms with van der Waals surface area (Å²) in [6.07, 6.45) is 0. The number of benzene rings is 9. The van der Waals surface area contributed by atoms with E-state index in [1.165, 1.54) is 15.7 Å². The van der Waals surface area contributed by atoms with E-state index in [1.54, 1.807) is 48.5 Å². The zero-order chi connectivity index (χ0) is 46.0. The van der Waals surface area contributed by atoms with Gasteiger partial charge in [0.25, 0.3) is 0 Å². The Morgan fingerprint density at radius 1 is 0.448 bits per heavy atom. The molecule has 0 spiro atoms. The van der Waals surface area contributed by atoms with E-state index in [9.17, 15) is 35.7 Å². The summed E-state index contributed by atoms with van der Waals surface area (Å²) in [4.78, 5) is 2.26. The minimum atomic E-state index is -1.03. The van der Waals surface area contributed by atoms with E-state index >= 15 is 0 Å². The van der Waals surface area contributed by atoms with Gasteiger partial charge in [-0.3, -0.25) is 0 Å². The van der Waals surface area contributed by atoms with Crippen LogP contribution >= 0.6 is 0 Å². The van der Waals surface area contributed by atoms with E-state index in [0.29, 0.717) is 22.2 Å². The number of phenols is 7. The van der Waals surface area contributed by atoms with Crippen LogP contribution in [0.2, 0.25) is 0 Å². The first-order valence-corrected chi connectivity index (χ1v) is 21.8. The minimum Gasteiger partial charge on any atom is -0.506 e. The number of aromatic nitrogens is 1. The minimum absolute atomic E-state index is 0.189. The summed E-state index contributed by atoms with van der Waals surface area (Å²) < 4.78 is 7.86. The predicted octanol–water partition coefficient (Wildman–Crippen LogP) is 13.7. The molecule has 0 fully saturated rings. The molecule has 0 bridgehead atoms. The van der Waals surface area contributed by atoms with Crippen LogP contribution < -0.4 is 4.90 Å². The van der Waals surface area contributed by atoms with Gasteiger partial charge in [0.2, 0.25) is 11.5 Å². The van der Waals surface area contributed by atoms with Crippen molar-refractivity contribution in [2.75, 3.05) is 4.90 Å². The predicted molar refractivity (Wildman–Crippen MR) is 263 cm³/mol. The molecule has 326 valence electrons. The summed E-state index contributed by atoms with van der Waals surface area (Å²) in [5, 5.41) is 81.4. The average molecular weight is 881 g/mol. The van der Waals surface area contributed by atoms with Crippen LogP contribution in [-0.2, 0) is 5.41 Å². The molecule has 0 aliphatic heterocycles.